The van der Waals surface area contributed by atoms with Crippen molar-refractivity contribution >= 4 is 23.1 Å². The van der Waals surface area contributed by atoms with Crippen molar-refractivity contribution in [2.75, 3.05) is 5.73 Å². The van der Waals surface area contributed by atoms with Gasteiger partial charge in [-0.1, -0.05) is 11.6 Å². The van der Waals surface area contributed by atoms with Crippen molar-refractivity contribution in [2.45, 2.75) is 0 Å². The van der Waals surface area contributed by atoms with Crippen LogP contribution < -0.4 is 5.73 Å². The second kappa shape index (κ2) is 4.55. The number of nitrogens with two attached hydrogens (primary N) is 1. The van der Waals surface area contributed by atoms with Crippen molar-refractivity contribution < 1.29 is 9.18 Å². The minimum atomic E-state index is -0.382. The third kappa shape index (κ3) is 2.63. The van der Waals surface area contributed by atoms with Crippen molar-refractivity contribution in [3.63, 3.8) is 0 Å². The number of halogens is 2. The molecule has 2 rings (SSSR count). The van der Waals surface area contributed by atoms with Gasteiger partial charge in [0.1, 0.15) is 5.82 Å². The molecule has 0 spiro atoms. The summed E-state index contributed by atoms with van der Waals surface area (Å²) in [6.07, 6.45) is 0. The summed E-state index contributed by atoms with van der Waals surface area (Å²) in [5.74, 6) is -0.619. The maximum atomic E-state index is 12.7. The Balaban J connectivity index is 2.40. The van der Waals surface area contributed by atoms with E-state index in [9.17, 15) is 9.18 Å². The van der Waals surface area contributed by atoms with Gasteiger partial charge in [-0.15, -0.1) is 0 Å². The minimum absolute atomic E-state index is 0.237. The van der Waals surface area contributed by atoms with Gasteiger partial charge in [-0.3, -0.25) is 4.79 Å². The number of anilines is 1. The zero-order valence-electron chi connectivity index (χ0n) is 8.78. The lowest BCUT2D eigenvalue weighted by Crippen LogP contribution is -2.02. The summed E-state index contributed by atoms with van der Waals surface area (Å²) in [6, 6.07) is 9.95. The van der Waals surface area contributed by atoms with Crippen LogP contribution in [0.3, 0.4) is 0 Å². The first kappa shape index (κ1) is 11.6. The quantitative estimate of drug-likeness (QED) is 0.656. The highest BCUT2D eigenvalue weighted by Gasteiger charge is 2.10. The molecular formula is C13H9ClFNO. The second-order valence-electron chi connectivity index (χ2n) is 3.61. The van der Waals surface area contributed by atoms with Crippen LogP contribution in [0, 0.1) is 5.82 Å². The van der Waals surface area contributed by atoms with Crippen molar-refractivity contribution in [3.05, 3.63) is 64.4 Å². The van der Waals surface area contributed by atoms with Gasteiger partial charge < -0.3 is 5.73 Å². The molecule has 0 fully saturated rings. The fourth-order valence-electron chi connectivity index (χ4n) is 1.51. The first-order valence-corrected chi connectivity index (χ1v) is 5.30. The van der Waals surface area contributed by atoms with Gasteiger partial charge >= 0.3 is 0 Å². The molecule has 2 N–H and O–H groups in total. The third-order valence-corrected chi connectivity index (χ3v) is 2.51. The van der Waals surface area contributed by atoms with E-state index >= 15 is 0 Å². The normalized spacial score (nSPS) is 10.2. The van der Waals surface area contributed by atoms with Crippen molar-refractivity contribution in [1.29, 1.82) is 0 Å². The van der Waals surface area contributed by atoms with E-state index in [-0.39, 0.29) is 11.6 Å². The fraction of sp³-hybridized carbons (Fsp3) is 0. The third-order valence-electron chi connectivity index (χ3n) is 2.29. The summed E-state index contributed by atoms with van der Waals surface area (Å²) in [5, 5.41) is 0.399. The molecule has 0 aliphatic carbocycles. The van der Waals surface area contributed by atoms with E-state index in [4.69, 9.17) is 17.3 Å². The van der Waals surface area contributed by atoms with Crippen LogP contribution in [0.15, 0.2) is 42.5 Å². The summed E-state index contributed by atoms with van der Waals surface area (Å²) >= 11 is 5.81. The van der Waals surface area contributed by atoms with Crippen LogP contribution in [0.4, 0.5) is 10.1 Å². The number of rotatable bonds is 2. The van der Waals surface area contributed by atoms with Crippen LogP contribution in [0.1, 0.15) is 15.9 Å². The maximum absolute atomic E-state index is 12.7. The van der Waals surface area contributed by atoms with Gasteiger partial charge in [-0.05, 0) is 42.5 Å². The van der Waals surface area contributed by atoms with E-state index in [2.05, 4.69) is 0 Å². The zero-order valence-corrected chi connectivity index (χ0v) is 9.54. The molecule has 4 heteroatoms. The monoisotopic (exact) mass is 249 g/mol. The Morgan fingerprint density at radius 2 is 1.71 bits per heavy atom. The molecule has 0 radical (unpaired) electrons. The molecule has 2 aromatic carbocycles. The first-order valence-electron chi connectivity index (χ1n) is 4.92. The highest BCUT2D eigenvalue weighted by atomic mass is 35.5. The number of benzene rings is 2. The summed E-state index contributed by atoms with van der Waals surface area (Å²) in [6.45, 7) is 0. The Hall–Kier alpha value is -1.87. The molecule has 0 aliphatic heterocycles. The Labute approximate surface area is 103 Å². The minimum Gasteiger partial charge on any atom is -0.399 e. The average molecular weight is 250 g/mol. The molecule has 0 heterocycles. The van der Waals surface area contributed by atoms with Gasteiger partial charge in [-0.2, -0.15) is 0 Å². The Morgan fingerprint density at radius 1 is 1.06 bits per heavy atom. The van der Waals surface area contributed by atoms with E-state index < -0.39 is 0 Å². The molecule has 0 unspecified atom stereocenters. The van der Waals surface area contributed by atoms with Crippen molar-refractivity contribution in [2.24, 2.45) is 0 Å². The molecule has 0 saturated heterocycles. The fourth-order valence-corrected chi connectivity index (χ4v) is 1.75. The molecule has 86 valence electrons. The van der Waals surface area contributed by atoms with Crippen LogP contribution in [0.25, 0.3) is 0 Å². The Bertz CT molecular complexity index is 546. The van der Waals surface area contributed by atoms with Crippen LogP contribution in [0.2, 0.25) is 5.02 Å². The van der Waals surface area contributed by atoms with E-state index in [0.717, 1.165) is 0 Å². The number of nitrogen functional groups attached to an aromatic ring is 1. The second-order valence-corrected chi connectivity index (χ2v) is 4.05. The van der Waals surface area contributed by atoms with Crippen molar-refractivity contribution in [1.82, 2.24) is 0 Å². The van der Waals surface area contributed by atoms with Crippen LogP contribution >= 0.6 is 11.6 Å². The SMILES string of the molecule is Nc1cc(Cl)cc(C(=O)c2ccc(F)cc2)c1. The van der Waals surface area contributed by atoms with Gasteiger partial charge in [0.05, 0.1) is 0 Å². The molecule has 0 amide bonds. The number of hydrogen-bond donors (Lipinski definition) is 1. The van der Waals surface area contributed by atoms with Crippen molar-refractivity contribution in [3.8, 4) is 0 Å². The van der Waals surface area contributed by atoms with Crippen LogP contribution in [-0.4, -0.2) is 5.78 Å². The standard InChI is InChI=1S/C13H9ClFNO/c14-10-5-9(6-12(16)7-10)13(17)8-1-3-11(15)4-2-8/h1-7H,16H2. The molecule has 0 atom stereocenters. The average Bonchev–Trinajstić information content (AvgIpc) is 2.28. The van der Waals surface area contributed by atoms with Gasteiger partial charge in [-0.25, -0.2) is 4.39 Å². The molecule has 0 aliphatic rings. The highest BCUT2D eigenvalue weighted by Crippen LogP contribution is 2.19. The predicted molar refractivity (Wildman–Crippen MR) is 65.7 cm³/mol. The van der Waals surface area contributed by atoms with E-state index in [1.165, 1.54) is 36.4 Å². The van der Waals surface area contributed by atoms with Gasteiger partial charge in [0.25, 0.3) is 0 Å². The Morgan fingerprint density at radius 3 is 2.29 bits per heavy atom. The summed E-state index contributed by atoms with van der Waals surface area (Å²) in [7, 11) is 0. The lowest BCUT2D eigenvalue weighted by molar-refractivity contribution is 0.103. The van der Waals surface area contributed by atoms with Crippen LogP contribution in [-0.2, 0) is 0 Å². The van der Waals surface area contributed by atoms with E-state index in [1.54, 1.807) is 6.07 Å². The molecule has 0 saturated carbocycles. The Kier molecular flexibility index (Phi) is 3.11. The summed E-state index contributed by atoms with van der Waals surface area (Å²) in [4.78, 5) is 12.0. The molecule has 0 aromatic heterocycles. The highest BCUT2D eigenvalue weighted by molar-refractivity contribution is 6.31. The summed E-state index contributed by atoms with van der Waals surface area (Å²) in [5.41, 5.74) is 6.81. The van der Waals surface area contributed by atoms with E-state index in [1.807, 2.05) is 0 Å². The zero-order chi connectivity index (χ0) is 12.4. The molecule has 17 heavy (non-hydrogen) atoms. The molecule has 2 nitrogen and oxygen atoms in total. The van der Waals surface area contributed by atoms with E-state index in [0.29, 0.717) is 21.8 Å². The van der Waals surface area contributed by atoms with Crippen LogP contribution in [0.5, 0.6) is 0 Å². The lowest BCUT2D eigenvalue weighted by atomic mass is 10.0. The first-order chi connectivity index (χ1) is 8.06. The number of hydrogen-bond acceptors (Lipinski definition) is 2. The topological polar surface area (TPSA) is 43.1 Å². The lowest BCUT2D eigenvalue weighted by Gasteiger charge is -2.03. The smallest absolute Gasteiger partial charge is 0.193 e. The molecule has 0 bridgehead atoms. The number of carbonyl (C=O) groups excluding carboxylic acids is 1. The molecular weight excluding hydrogens is 241 g/mol. The van der Waals surface area contributed by atoms with Gasteiger partial charge in [0.2, 0.25) is 0 Å². The number of carbonyl (C=O) groups is 1. The maximum Gasteiger partial charge on any atom is 0.193 e. The van der Waals surface area contributed by atoms with Gasteiger partial charge in [0.15, 0.2) is 5.78 Å². The largest absolute Gasteiger partial charge is 0.399 e. The molecule has 2 aromatic rings. The summed E-state index contributed by atoms with van der Waals surface area (Å²) < 4.78 is 12.7. The van der Waals surface area contributed by atoms with Gasteiger partial charge in [0, 0.05) is 21.8 Å². The predicted octanol–water partition coefficient (Wildman–Crippen LogP) is 3.29. The number of ketones is 1.